The Hall–Kier alpha value is -2.30. The lowest BCUT2D eigenvalue weighted by Gasteiger charge is -2.33. The number of aromatic amines is 1. The largest absolute Gasteiger partial charge is 0.481 e. The van der Waals surface area contributed by atoms with Gasteiger partial charge >= 0.3 is 0 Å². The van der Waals surface area contributed by atoms with Crippen LogP contribution >= 0.6 is 0 Å². The maximum Gasteiger partial charge on any atom is 0.263 e. The third kappa shape index (κ3) is 4.90. The second kappa shape index (κ2) is 9.07. The lowest BCUT2D eigenvalue weighted by Crippen LogP contribution is -2.45. The number of hydrogen-bond acceptors (Lipinski definition) is 3. The Balaban J connectivity index is 1.76. The SMILES string of the molecule is CCCCC(Oc1ccc2[nH]c(=O)ccc2c1)C(=O)N(C)C1CCCCC1. The summed E-state index contributed by atoms with van der Waals surface area (Å²) in [6.07, 6.45) is 8.09. The fourth-order valence-electron chi connectivity index (χ4n) is 3.87. The maximum atomic E-state index is 13.1. The number of carbonyl (C=O) groups excluding carboxylic acids is 1. The molecule has 1 saturated carbocycles. The Morgan fingerprint density at radius 2 is 2.00 bits per heavy atom. The van der Waals surface area contributed by atoms with Crippen molar-refractivity contribution < 1.29 is 9.53 Å². The van der Waals surface area contributed by atoms with Crippen LogP contribution in [0.4, 0.5) is 0 Å². The minimum absolute atomic E-state index is 0.0805. The Morgan fingerprint density at radius 1 is 1.22 bits per heavy atom. The molecule has 1 unspecified atom stereocenters. The minimum atomic E-state index is -0.461. The number of pyridine rings is 1. The average Bonchev–Trinajstić information content (AvgIpc) is 2.70. The van der Waals surface area contributed by atoms with Gasteiger partial charge in [0.15, 0.2) is 6.10 Å². The van der Waals surface area contributed by atoms with Crippen LogP contribution in [-0.4, -0.2) is 35.0 Å². The van der Waals surface area contributed by atoms with Crippen molar-refractivity contribution in [3.8, 4) is 5.75 Å². The highest BCUT2D eigenvalue weighted by molar-refractivity contribution is 5.82. The molecule has 1 aliphatic rings. The van der Waals surface area contributed by atoms with Crippen LogP contribution in [0.3, 0.4) is 0 Å². The van der Waals surface area contributed by atoms with Gasteiger partial charge in [0.2, 0.25) is 5.56 Å². The molecule has 0 radical (unpaired) electrons. The van der Waals surface area contributed by atoms with Crippen LogP contribution in [0.25, 0.3) is 10.9 Å². The van der Waals surface area contributed by atoms with Gasteiger partial charge in [-0.3, -0.25) is 9.59 Å². The van der Waals surface area contributed by atoms with Gasteiger partial charge in [0, 0.05) is 30.1 Å². The number of likely N-dealkylation sites (N-methyl/N-ethyl adjacent to an activating group) is 1. The summed E-state index contributed by atoms with van der Waals surface area (Å²) in [5.41, 5.74) is 0.645. The first-order valence-corrected chi connectivity index (χ1v) is 10.1. The highest BCUT2D eigenvalue weighted by Crippen LogP contribution is 2.25. The first-order valence-electron chi connectivity index (χ1n) is 10.1. The lowest BCUT2D eigenvalue weighted by atomic mass is 9.94. The number of unbranched alkanes of at least 4 members (excludes halogenated alkanes) is 1. The minimum Gasteiger partial charge on any atom is -0.481 e. The molecule has 1 amide bonds. The standard InChI is InChI=1S/C22H30N2O3/c1-3-4-10-20(22(26)24(2)17-8-6-5-7-9-17)27-18-12-13-19-16(15-18)11-14-21(25)23-19/h11-15,17,20H,3-10H2,1-2H3,(H,23,25). The molecule has 3 rings (SSSR count). The molecular weight excluding hydrogens is 340 g/mol. The summed E-state index contributed by atoms with van der Waals surface area (Å²) in [5, 5.41) is 0.898. The van der Waals surface area contributed by atoms with Crippen LogP contribution in [0.2, 0.25) is 0 Å². The Bertz CT molecular complexity index is 824. The van der Waals surface area contributed by atoms with E-state index >= 15 is 0 Å². The molecule has 0 saturated heterocycles. The number of benzene rings is 1. The van der Waals surface area contributed by atoms with Gasteiger partial charge in [0.1, 0.15) is 5.75 Å². The molecular formula is C22H30N2O3. The normalized spacial score (nSPS) is 16.2. The van der Waals surface area contributed by atoms with Crippen LogP contribution in [0.1, 0.15) is 58.3 Å². The van der Waals surface area contributed by atoms with Crippen molar-refractivity contribution in [2.45, 2.75) is 70.4 Å². The molecule has 0 spiro atoms. The van der Waals surface area contributed by atoms with Crippen molar-refractivity contribution in [3.05, 3.63) is 40.7 Å². The molecule has 1 fully saturated rings. The summed E-state index contributed by atoms with van der Waals surface area (Å²) in [6.45, 7) is 2.12. The number of ether oxygens (including phenoxy) is 1. The predicted molar refractivity (Wildman–Crippen MR) is 108 cm³/mol. The second-order valence-electron chi connectivity index (χ2n) is 7.56. The third-order valence-corrected chi connectivity index (χ3v) is 5.54. The zero-order chi connectivity index (χ0) is 19.2. The first-order chi connectivity index (χ1) is 13.1. The molecule has 1 aliphatic carbocycles. The fraction of sp³-hybridized carbons (Fsp3) is 0.545. The van der Waals surface area contributed by atoms with Crippen LogP contribution in [0.5, 0.6) is 5.75 Å². The van der Waals surface area contributed by atoms with Crippen molar-refractivity contribution in [1.82, 2.24) is 9.88 Å². The molecule has 1 atom stereocenters. The topological polar surface area (TPSA) is 62.4 Å². The zero-order valence-electron chi connectivity index (χ0n) is 16.4. The predicted octanol–water partition coefficient (Wildman–Crippen LogP) is 4.26. The number of carbonyl (C=O) groups is 1. The quantitative estimate of drug-likeness (QED) is 0.792. The van der Waals surface area contributed by atoms with E-state index in [1.165, 1.54) is 25.3 Å². The number of H-pyrrole nitrogens is 1. The summed E-state index contributed by atoms with van der Waals surface area (Å²) in [5.74, 6) is 0.748. The molecule has 1 N–H and O–H groups in total. The molecule has 5 heteroatoms. The molecule has 27 heavy (non-hydrogen) atoms. The van der Waals surface area contributed by atoms with Crippen LogP contribution in [-0.2, 0) is 4.79 Å². The number of amides is 1. The molecule has 5 nitrogen and oxygen atoms in total. The zero-order valence-corrected chi connectivity index (χ0v) is 16.4. The Kier molecular flexibility index (Phi) is 6.54. The fourth-order valence-corrected chi connectivity index (χ4v) is 3.87. The van der Waals surface area contributed by atoms with Crippen molar-refractivity contribution in [2.24, 2.45) is 0 Å². The van der Waals surface area contributed by atoms with Gasteiger partial charge in [-0.25, -0.2) is 0 Å². The molecule has 0 aliphatic heterocycles. The van der Waals surface area contributed by atoms with Crippen molar-refractivity contribution in [1.29, 1.82) is 0 Å². The van der Waals surface area contributed by atoms with Crippen LogP contribution in [0, 0.1) is 0 Å². The number of rotatable bonds is 7. The van der Waals surface area contributed by atoms with Crippen molar-refractivity contribution in [3.63, 3.8) is 0 Å². The van der Waals surface area contributed by atoms with Crippen molar-refractivity contribution in [2.75, 3.05) is 7.05 Å². The lowest BCUT2D eigenvalue weighted by molar-refractivity contribution is -0.140. The molecule has 0 bridgehead atoms. The highest BCUT2D eigenvalue weighted by atomic mass is 16.5. The van der Waals surface area contributed by atoms with E-state index in [4.69, 9.17) is 4.74 Å². The molecule has 1 aromatic heterocycles. The monoisotopic (exact) mass is 370 g/mol. The van der Waals surface area contributed by atoms with E-state index in [-0.39, 0.29) is 11.5 Å². The highest BCUT2D eigenvalue weighted by Gasteiger charge is 2.29. The van der Waals surface area contributed by atoms with Gasteiger partial charge in [-0.1, -0.05) is 32.6 Å². The second-order valence-corrected chi connectivity index (χ2v) is 7.56. The van der Waals surface area contributed by atoms with Crippen LogP contribution < -0.4 is 10.3 Å². The maximum absolute atomic E-state index is 13.1. The van der Waals surface area contributed by atoms with Gasteiger partial charge in [-0.2, -0.15) is 0 Å². The molecule has 146 valence electrons. The molecule has 1 heterocycles. The van der Waals surface area contributed by atoms with Gasteiger partial charge in [-0.05, 0) is 49.9 Å². The number of nitrogens with one attached hydrogen (secondary N) is 1. The van der Waals surface area contributed by atoms with Gasteiger partial charge in [0.25, 0.3) is 5.91 Å². The first kappa shape index (κ1) is 19.5. The third-order valence-electron chi connectivity index (χ3n) is 5.54. The van der Waals surface area contributed by atoms with E-state index in [2.05, 4.69) is 11.9 Å². The van der Waals surface area contributed by atoms with E-state index in [0.717, 1.165) is 43.0 Å². The summed E-state index contributed by atoms with van der Waals surface area (Å²) < 4.78 is 6.15. The van der Waals surface area contributed by atoms with Crippen LogP contribution in [0.15, 0.2) is 35.1 Å². The number of nitrogens with zero attached hydrogens (tertiary/aromatic N) is 1. The van der Waals surface area contributed by atoms with E-state index < -0.39 is 6.10 Å². The Labute approximate surface area is 160 Å². The number of hydrogen-bond donors (Lipinski definition) is 1. The molecule has 1 aromatic carbocycles. The summed E-state index contributed by atoms with van der Waals surface area (Å²) >= 11 is 0. The molecule has 2 aromatic rings. The summed E-state index contributed by atoms with van der Waals surface area (Å²) in [6, 6.07) is 9.16. The van der Waals surface area contributed by atoms with Gasteiger partial charge in [0.05, 0.1) is 0 Å². The smallest absolute Gasteiger partial charge is 0.263 e. The Morgan fingerprint density at radius 3 is 2.74 bits per heavy atom. The average molecular weight is 370 g/mol. The van der Waals surface area contributed by atoms with Crippen molar-refractivity contribution >= 4 is 16.8 Å². The number of aromatic nitrogens is 1. The van der Waals surface area contributed by atoms with Gasteiger partial charge in [-0.15, -0.1) is 0 Å². The summed E-state index contributed by atoms with van der Waals surface area (Å²) in [4.78, 5) is 29.3. The summed E-state index contributed by atoms with van der Waals surface area (Å²) in [7, 11) is 1.92. The van der Waals surface area contributed by atoms with E-state index in [0.29, 0.717) is 11.8 Å². The van der Waals surface area contributed by atoms with E-state index in [1.54, 1.807) is 6.07 Å². The number of fused-ring (bicyclic) bond motifs is 1. The van der Waals surface area contributed by atoms with E-state index in [9.17, 15) is 9.59 Å². The van der Waals surface area contributed by atoms with Gasteiger partial charge < -0.3 is 14.6 Å². The van der Waals surface area contributed by atoms with E-state index in [1.807, 2.05) is 30.1 Å².